The average Bonchev–Trinajstić information content (AvgIpc) is 3.39. The number of fused-ring (bicyclic) bond motifs is 1. The number of amides is 3. The first-order chi connectivity index (χ1) is 16.3. The molecule has 9 nitrogen and oxygen atoms in total. The highest BCUT2D eigenvalue weighted by Gasteiger charge is 2.77. The van der Waals surface area contributed by atoms with Gasteiger partial charge in [0.15, 0.2) is 0 Å². The number of carbonyl (C=O) groups excluding carboxylic acids is 3. The van der Waals surface area contributed by atoms with E-state index < -0.39 is 29.1 Å². The van der Waals surface area contributed by atoms with Crippen molar-refractivity contribution < 1.29 is 24.2 Å². The monoisotopic (exact) mass is 472 g/mol. The summed E-state index contributed by atoms with van der Waals surface area (Å²) >= 11 is 0. The zero-order chi connectivity index (χ0) is 24.7. The molecule has 3 saturated heterocycles. The molecule has 1 aromatic carbocycles. The highest BCUT2D eigenvalue weighted by molar-refractivity contribution is 6.03. The molecule has 0 saturated carbocycles. The number of anilines is 2. The Kier molecular flexibility index (Phi) is 6.61. The molecule has 0 aliphatic carbocycles. The van der Waals surface area contributed by atoms with E-state index in [2.05, 4.69) is 29.4 Å². The molecule has 3 aliphatic heterocycles. The number of hydrogen-bond donors (Lipinski definition) is 3. The lowest BCUT2D eigenvalue weighted by molar-refractivity contribution is -0.144. The lowest BCUT2D eigenvalue weighted by atomic mass is 9.66. The molecule has 3 heterocycles. The van der Waals surface area contributed by atoms with Crippen molar-refractivity contribution in [3.8, 4) is 0 Å². The summed E-state index contributed by atoms with van der Waals surface area (Å²) in [5.74, 6) is -2.18. The Balaban J connectivity index is 1.64. The van der Waals surface area contributed by atoms with Crippen molar-refractivity contribution in [1.29, 1.82) is 0 Å². The number of hydrogen-bond acceptors (Lipinski definition) is 6. The Morgan fingerprint density at radius 3 is 2.44 bits per heavy atom. The van der Waals surface area contributed by atoms with E-state index in [1.807, 2.05) is 31.2 Å². The predicted molar refractivity (Wildman–Crippen MR) is 128 cm³/mol. The zero-order valence-corrected chi connectivity index (χ0v) is 20.5. The average molecular weight is 473 g/mol. The summed E-state index contributed by atoms with van der Waals surface area (Å²) in [6, 6.07) is 6.78. The van der Waals surface area contributed by atoms with Crippen molar-refractivity contribution >= 4 is 29.1 Å². The van der Waals surface area contributed by atoms with Crippen molar-refractivity contribution in [2.24, 2.45) is 11.8 Å². The molecule has 2 bridgehead atoms. The van der Waals surface area contributed by atoms with Gasteiger partial charge in [-0.3, -0.25) is 14.4 Å². The fourth-order valence-corrected chi connectivity index (χ4v) is 6.32. The van der Waals surface area contributed by atoms with E-state index in [0.29, 0.717) is 24.9 Å². The van der Waals surface area contributed by atoms with Crippen LogP contribution in [0.5, 0.6) is 0 Å². The Bertz CT molecular complexity index is 949. The smallest absolute Gasteiger partial charge is 0.250 e. The van der Waals surface area contributed by atoms with Gasteiger partial charge in [0.05, 0.1) is 17.4 Å². The lowest BCUT2D eigenvalue weighted by Crippen LogP contribution is -2.53. The fraction of sp³-hybridized carbons (Fsp3) is 0.640. The highest BCUT2D eigenvalue weighted by Crippen LogP contribution is 2.63. The number of carbonyl (C=O) groups is 3. The third-order valence-electron chi connectivity index (χ3n) is 7.87. The minimum atomic E-state index is -1.05. The summed E-state index contributed by atoms with van der Waals surface area (Å²) in [7, 11) is 1.55. The number of nitrogens with zero attached hydrogens (tertiary/aromatic N) is 2. The van der Waals surface area contributed by atoms with Gasteiger partial charge in [-0.05, 0) is 64.3 Å². The van der Waals surface area contributed by atoms with Crippen LogP contribution in [0, 0.1) is 11.8 Å². The molecule has 3 aliphatic rings. The van der Waals surface area contributed by atoms with Crippen molar-refractivity contribution in [3.63, 3.8) is 0 Å². The van der Waals surface area contributed by atoms with Crippen LogP contribution < -0.4 is 15.5 Å². The minimum absolute atomic E-state index is 0.0972. The molecule has 3 N–H and O–H groups in total. The van der Waals surface area contributed by atoms with E-state index >= 15 is 0 Å². The summed E-state index contributed by atoms with van der Waals surface area (Å²) in [6.07, 6.45) is 1.48. The molecule has 1 aromatic rings. The molecular formula is C25H36N4O5. The number of ether oxygens (including phenoxy) is 1. The van der Waals surface area contributed by atoms with Gasteiger partial charge in [0.25, 0.3) is 0 Å². The molecule has 2 unspecified atom stereocenters. The summed E-state index contributed by atoms with van der Waals surface area (Å²) in [5.41, 5.74) is -0.129. The molecule has 4 rings (SSSR count). The topological polar surface area (TPSA) is 111 Å². The Morgan fingerprint density at radius 2 is 1.85 bits per heavy atom. The van der Waals surface area contributed by atoms with Gasteiger partial charge in [-0.15, -0.1) is 0 Å². The van der Waals surface area contributed by atoms with Crippen LogP contribution in [0.1, 0.15) is 40.0 Å². The van der Waals surface area contributed by atoms with E-state index in [4.69, 9.17) is 4.74 Å². The van der Waals surface area contributed by atoms with E-state index in [0.717, 1.165) is 18.8 Å². The number of likely N-dealkylation sites (tertiary alicyclic amines) is 1. The van der Waals surface area contributed by atoms with Crippen LogP contribution in [0.15, 0.2) is 24.3 Å². The third-order valence-corrected chi connectivity index (χ3v) is 7.87. The van der Waals surface area contributed by atoms with Crippen molar-refractivity contribution in [2.75, 3.05) is 43.5 Å². The molecule has 9 heteroatoms. The molecule has 3 amide bonds. The maximum Gasteiger partial charge on any atom is 0.250 e. The summed E-state index contributed by atoms with van der Waals surface area (Å²) in [5, 5.41) is 15.1. The molecule has 0 aromatic heterocycles. The number of benzene rings is 1. The summed E-state index contributed by atoms with van der Waals surface area (Å²) < 4.78 is 6.49. The van der Waals surface area contributed by atoms with E-state index in [1.165, 1.54) is 4.90 Å². The Hall–Kier alpha value is -2.65. The standard InChI is InChI=1S/C25H36N4O5/c1-5-28(6-2)17-10-8-16(9-11-17)27-22(32)20-25-13-12-24(3,34-25)18(21(31)26-4)19(25)23(33)29(20)14-7-15-30/h8-11,18-20,30H,5-7,12-15H2,1-4H3,(H,26,31)(H,27,32)/t18-,19-,20?,24+,25?/m0/s1. The number of aliphatic hydroxyl groups is 1. The molecule has 5 atom stereocenters. The first-order valence-corrected chi connectivity index (χ1v) is 12.2. The van der Waals surface area contributed by atoms with Crippen LogP contribution in [0.2, 0.25) is 0 Å². The minimum Gasteiger partial charge on any atom is -0.396 e. The van der Waals surface area contributed by atoms with Gasteiger partial charge >= 0.3 is 0 Å². The second-order valence-corrected chi connectivity index (χ2v) is 9.66. The van der Waals surface area contributed by atoms with E-state index in [1.54, 1.807) is 7.05 Å². The molecule has 1 spiro atoms. The second-order valence-electron chi connectivity index (χ2n) is 9.66. The van der Waals surface area contributed by atoms with Crippen LogP contribution in [0.25, 0.3) is 0 Å². The number of nitrogens with one attached hydrogen (secondary N) is 2. The first-order valence-electron chi connectivity index (χ1n) is 12.2. The third kappa shape index (κ3) is 3.65. The quantitative estimate of drug-likeness (QED) is 0.501. The van der Waals surface area contributed by atoms with Gasteiger partial charge in [0, 0.05) is 44.7 Å². The molecule has 186 valence electrons. The van der Waals surface area contributed by atoms with E-state index in [9.17, 15) is 19.5 Å². The van der Waals surface area contributed by atoms with Gasteiger partial charge in [0.1, 0.15) is 11.6 Å². The maximum atomic E-state index is 13.7. The second kappa shape index (κ2) is 9.19. The van der Waals surface area contributed by atoms with Crippen molar-refractivity contribution in [3.05, 3.63) is 24.3 Å². The van der Waals surface area contributed by atoms with Gasteiger partial charge in [0.2, 0.25) is 17.7 Å². The van der Waals surface area contributed by atoms with Gasteiger partial charge in [-0.1, -0.05) is 0 Å². The van der Waals surface area contributed by atoms with Crippen LogP contribution in [-0.2, 0) is 19.1 Å². The van der Waals surface area contributed by atoms with Crippen molar-refractivity contribution in [1.82, 2.24) is 10.2 Å². The molecule has 0 radical (unpaired) electrons. The number of aliphatic hydroxyl groups excluding tert-OH is 1. The zero-order valence-electron chi connectivity index (χ0n) is 20.5. The van der Waals surface area contributed by atoms with Gasteiger partial charge in [-0.2, -0.15) is 0 Å². The van der Waals surface area contributed by atoms with Crippen LogP contribution in [0.3, 0.4) is 0 Å². The summed E-state index contributed by atoms with van der Waals surface area (Å²) in [4.78, 5) is 43.8. The fourth-order valence-electron chi connectivity index (χ4n) is 6.32. The normalized spacial score (nSPS) is 31.5. The maximum absolute atomic E-state index is 13.7. The van der Waals surface area contributed by atoms with Gasteiger partial charge in [-0.25, -0.2) is 0 Å². The number of rotatable bonds is 9. The Morgan fingerprint density at radius 1 is 1.18 bits per heavy atom. The van der Waals surface area contributed by atoms with Crippen molar-refractivity contribution in [2.45, 2.75) is 57.3 Å². The molecule has 3 fully saturated rings. The Labute approximate surface area is 200 Å². The van der Waals surface area contributed by atoms with Crippen LogP contribution in [0.4, 0.5) is 11.4 Å². The summed E-state index contributed by atoms with van der Waals surface area (Å²) in [6.45, 7) is 7.96. The van der Waals surface area contributed by atoms with Gasteiger partial charge < -0.3 is 30.3 Å². The SMILES string of the molecule is CCN(CC)c1ccc(NC(=O)C2N(CCCO)C(=O)[C@@H]3[C@@H](C(=O)NC)[C@@]4(C)CCC23O4)cc1. The van der Waals surface area contributed by atoms with Crippen LogP contribution >= 0.6 is 0 Å². The predicted octanol–water partition coefficient (Wildman–Crippen LogP) is 1.36. The first kappa shape index (κ1) is 24.5. The largest absolute Gasteiger partial charge is 0.396 e. The molecule has 34 heavy (non-hydrogen) atoms. The van der Waals surface area contributed by atoms with Crippen LogP contribution in [-0.4, -0.2) is 78.3 Å². The highest BCUT2D eigenvalue weighted by atomic mass is 16.5. The molecular weight excluding hydrogens is 436 g/mol. The lowest BCUT2D eigenvalue weighted by Gasteiger charge is -2.33. The van der Waals surface area contributed by atoms with E-state index in [-0.39, 0.29) is 30.9 Å².